The smallest absolute Gasteiger partial charge is 0.225 e. The van der Waals surface area contributed by atoms with E-state index in [2.05, 4.69) is 5.32 Å². The summed E-state index contributed by atoms with van der Waals surface area (Å²) in [5.41, 5.74) is 1.68. The van der Waals surface area contributed by atoms with E-state index in [1.807, 2.05) is 30.3 Å². The average molecular weight is 370 g/mol. The van der Waals surface area contributed by atoms with Crippen LogP contribution in [0, 0.1) is 11.7 Å². The first-order valence-electron chi connectivity index (χ1n) is 8.93. The number of ether oxygens (including phenoxy) is 1. The maximum absolute atomic E-state index is 13.9. The summed E-state index contributed by atoms with van der Waals surface area (Å²) in [6, 6.07) is 13.9. The fourth-order valence-electron chi connectivity index (χ4n) is 3.27. The van der Waals surface area contributed by atoms with Gasteiger partial charge in [0.05, 0.1) is 19.1 Å². The third-order valence-corrected chi connectivity index (χ3v) is 4.84. The standard InChI is InChI=1S/C21H23FN2O3/c1-14(16-8-9-19(27-2)18(22)10-16)23-21(26)17-11-20(25)24(13-17)12-15-6-4-3-5-7-15/h3-10,14,17H,11-13H2,1-2H3,(H,23,26). The Bertz CT molecular complexity index is 825. The van der Waals surface area contributed by atoms with E-state index in [0.29, 0.717) is 18.7 Å². The van der Waals surface area contributed by atoms with Crippen molar-refractivity contribution < 1.29 is 18.7 Å². The van der Waals surface area contributed by atoms with Crippen LogP contribution in [0.3, 0.4) is 0 Å². The van der Waals surface area contributed by atoms with Crippen LogP contribution in [0.5, 0.6) is 5.75 Å². The second-order valence-corrected chi connectivity index (χ2v) is 6.79. The monoisotopic (exact) mass is 370 g/mol. The molecule has 0 saturated carbocycles. The lowest BCUT2D eigenvalue weighted by molar-refractivity contribution is -0.129. The molecule has 2 unspecified atom stereocenters. The van der Waals surface area contributed by atoms with E-state index in [4.69, 9.17) is 4.74 Å². The van der Waals surface area contributed by atoms with Crippen LogP contribution < -0.4 is 10.1 Å². The van der Waals surface area contributed by atoms with Gasteiger partial charge in [-0.05, 0) is 30.2 Å². The van der Waals surface area contributed by atoms with Crippen LogP contribution in [0.15, 0.2) is 48.5 Å². The van der Waals surface area contributed by atoms with Crippen LogP contribution in [-0.4, -0.2) is 30.4 Å². The number of methoxy groups -OCH3 is 1. The molecule has 2 aromatic rings. The molecule has 2 amide bonds. The number of hydrogen-bond donors (Lipinski definition) is 1. The minimum Gasteiger partial charge on any atom is -0.494 e. The zero-order valence-corrected chi connectivity index (χ0v) is 15.4. The number of rotatable bonds is 6. The van der Waals surface area contributed by atoms with Crippen LogP contribution in [0.4, 0.5) is 4.39 Å². The Morgan fingerprint density at radius 2 is 2.04 bits per heavy atom. The number of carbonyl (C=O) groups excluding carboxylic acids is 2. The topological polar surface area (TPSA) is 58.6 Å². The third kappa shape index (κ3) is 4.45. The minimum absolute atomic E-state index is 0.0258. The maximum atomic E-state index is 13.9. The quantitative estimate of drug-likeness (QED) is 0.850. The molecule has 1 N–H and O–H groups in total. The highest BCUT2D eigenvalue weighted by atomic mass is 19.1. The Morgan fingerprint density at radius 3 is 2.70 bits per heavy atom. The number of hydrogen-bond acceptors (Lipinski definition) is 3. The Morgan fingerprint density at radius 1 is 1.30 bits per heavy atom. The van der Waals surface area contributed by atoms with Gasteiger partial charge in [-0.2, -0.15) is 0 Å². The fraction of sp³-hybridized carbons (Fsp3) is 0.333. The highest BCUT2D eigenvalue weighted by Crippen LogP contribution is 2.24. The summed E-state index contributed by atoms with van der Waals surface area (Å²) >= 11 is 0. The molecule has 0 bridgehead atoms. The summed E-state index contributed by atoms with van der Waals surface area (Å²) in [6.45, 7) is 2.68. The number of nitrogens with zero attached hydrogens (tertiary/aromatic N) is 1. The van der Waals surface area contributed by atoms with Gasteiger partial charge in [-0.15, -0.1) is 0 Å². The molecule has 0 aliphatic carbocycles. The van der Waals surface area contributed by atoms with Crippen LogP contribution in [0.1, 0.15) is 30.5 Å². The lowest BCUT2D eigenvalue weighted by atomic mass is 10.0. The van der Waals surface area contributed by atoms with E-state index < -0.39 is 11.7 Å². The largest absolute Gasteiger partial charge is 0.494 e. The highest BCUT2D eigenvalue weighted by molar-refractivity contribution is 5.89. The molecule has 2 aromatic carbocycles. The summed E-state index contributed by atoms with van der Waals surface area (Å²) < 4.78 is 18.8. The molecule has 0 aromatic heterocycles. The van der Waals surface area contributed by atoms with E-state index in [1.54, 1.807) is 17.9 Å². The Hall–Kier alpha value is -2.89. The Balaban J connectivity index is 1.59. The summed E-state index contributed by atoms with van der Waals surface area (Å²) in [5.74, 6) is -0.923. The van der Waals surface area contributed by atoms with Crippen molar-refractivity contribution in [1.82, 2.24) is 10.2 Å². The lowest BCUT2D eigenvalue weighted by Gasteiger charge is -2.19. The number of benzene rings is 2. The molecule has 1 aliphatic heterocycles. The average Bonchev–Trinajstić information content (AvgIpc) is 3.03. The predicted molar refractivity (Wildman–Crippen MR) is 99.5 cm³/mol. The molecule has 27 heavy (non-hydrogen) atoms. The van der Waals surface area contributed by atoms with Crippen molar-refractivity contribution in [2.24, 2.45) is 5.92 Å². The zero-order valence-electron chi connectivity index (χ0n) is 15.4. The normalized spacial score (nSPS) is 17.7. The second-order valence-electron chi connectivity index (χ2n) is 6.79. The number of carbonyl (C=O) groups is 2. The zero-order chi connectivity index (χ0) is 19.4. The first kappa shape index (κ1) is 18.9. The molecule has 2 atom stereocenters. The maximum Gasteiger partial charge on any atom is 0.225 e. The fourth-order valence-corrected chi connectivity index (χ4v) is 3.27. The molecule has 1 heterocycles. The molecule has 142 valence electrons. The van der Waals surface area contributed by atoms with Gasteiger partial charge < -0.3 is 15.0 Å². The molecule has 1 fully saturated rings. The molecule has 0 radical (unpaired) electrons. The van der Waals surface area contributed by atoms with Gasteiger partial charge in [0.25, 0.3) is 0 Å². The van der Waals surface area contributed by atoms with Gasteiger partial charge in [0.15, 0.2) is 11.6 Å². The molecular weight excluding hydrogens is 347 g/mol. The van der Waals surface area contributed by atoms with E-state index in [1.165, 1.54) is 19.2 Å². The van der Waals surface area contributed by atoms with Crippen molar-refractivity contribution in [3.63, 3.8) is 0 Å². The summed E-state index contributed by atoms with van der Waals surface area (Å²) in [5, 5.41) is 2.88. The van der Waals surface area contributed by atoms with Crippen LogP contribution in [0.2, 0.25) is 0 Å². The van der Waals surface area contributed by atoms with Gasteiger partial charge in [-0.25, -0.2) is 4.39 Å². The van der Waals surface area contributed by atoms with Crippen LogP contribution in [0.25, 0.3) is 0 Å². The number of amides is 2. The van der Waals surface area contributed by atoms with Crippen molar-refractivity contribution in [3.05, 3.63) is 65.5 Å². The Kier molecular flexibility index (Phi) is 5.74. The van der Waals surface area contributed by atoms with Crippen molar-refractivity contribution >= 4 is 11.8 Å². The van der Waals surface area contributed by atoms with Crippen molar-refractivity contribution in [2.75, 3.05) is 13.7 Å². The number of likely N-dealkylation sites (tertiary alicyclic amines) is 1. The number of nitrogens with one attached hydrogen (secondary N) is 1. The van der Waals surface area contributed by atoms with Gasteiger partial charge in [0.2, 0.25) is 11.8 Å². The van der Waals surface area contributed by atoms with Gasteiger partial charge in [-0.1, -0.05) is 36.4 Å². The molecule has 1 aliphatic rings. The van der Waals surface area contributed by atoms with Gasteiger partial charge >= 0.3 is 0 Å². The Labute approximate surface area is 158 Å². The first-order valence-corrected chi connectivity index (χ1v) is 8.93. The number of halogens is 1. The van der Waals surface area contributed by atoms with E-state index in [-0.39, 0.29) is 30.0 Å². The van der Waals surface area contributed by atoms with E-state index >= 15 is 0 Å². The van der Waals surface area contributed by atoms with Crippen LogP contribution >= 0.6 is 0 Å². The van der Waals surface area contributed by atoms with E-state index in [0.717, 1.165) is 5.56 Å². The summed E-state index contributed by atoms with van der Waals surface area (Å²) in [4.78, 5) is 26.5. The lowest BCUT2D eigenvalue weighted by Crippen LogP contribution is -2.34. The predicted octanol–water partition coefficient (Wildman–Crippen LogP) is 3.06. The SMILES string of the molecule is COc1ccc(C(C)NC(=O)C2CC(=O)N(Cc3ccccc3)C2)cc1F. The molecule has 5 nitrogen and oxygen atoms in total. The van der Waals surface area contributed by atoms with Crippen molar-refractivity contribution in [2.45, 2.75) is 25.9 Å². The molecule has 1 saturated heterocycles. The van der Waals surface area contributed by atoms with Crippen molar-refractivity contribution in [1.29, 1.82) is 0 Å². The van der Waals surface area contributed by atoms with Crippen molar-refractivity contribution in [3.8, 4) is 5.75 Å². The molecular formula is C21H23FN2O3. The summed E-state index contributed by atoms with van der Waals surface area (Å²) in [7, 11) is 1.40. The second kappa shape index (κ2) is 8.20. The van der Waals surface area contributed by atoms with Gasteiger partial charge in [-0.3, -0.25) is 9.59 Å². The molecule has 6 heteroatoms. The van der Waals surface area contributed by atoms with Crippen LogP contribution in [-0.2, 0) is 16.1 Å². The first-order chi connectivity index (χ1) is 13.0. The third-order valence-electron chi connectivity index (χ3n) is 4.84. The van der Waals surface area contributed by atoms with Gasteiger partial charge in [0.1, 0.15) is 0 Å². The molecule has 3 rings (SSSR count). The van der Waals surface area contributed by atoms with E-state index in [9.17, 15) is 14.0 Å². The minimum atomic E-state index is -0.471. The highest BCUT2D eigenvalue weighted by Gasteiger charge is 2.34. The summed E-state index contributed by atoms with van der Waals surface area (Å²) in [6.07, 6.45) is 0.197. The molecule has 0 spiro atoms. The van der Waals surface area contributed by atoms with Gasteiger partial charge in [0, 0.05) is 19.5 Å².